The summed E-state index contributed by atoms with van der Waals surface area (Å²) in [6, 6.07) is 14.0. The van der Waals surface area contributed by atoms with Gasteiger partial charge in [0.15, 0.2) is 0 Å². The molecule has 0 saturated heterocycles. The van der Waals surface area contributed by atoms with Crippen LogP contribution in [-0.2, 0) is 4.79 Å². The number of thiophene rings is 1. The summed E-state index contributed by atoms with van der Waals surface area (Å²) in [5, 5.41) is 8.25. The molecule has 0 radical (unpaired) electrons. The van der Waals surface area contributed by atoms with Gasteiger partial charge < -0.3 is 10.6 Å². The normalized spacial score (nSPS) is 11.8. The average molecular weight is 274 g/mol. The SMILES string of the molecule is CC(NC(=O)CCNc1ccccc1)c1cccs1. The van der Waals surface area contributed by atoms with Gasteiger partial charge in [0, 0.05) is 23.5 Å². The molecule has 1 aromatic heterocycles. The second-order valence-corrected chi connectivity index (χ2v) is 5.33. The Labute approximate surface area is 117 Å². The first-order valence-electron chi connectivity index (χ1n) is 6.37. The minimum Gasteiger partial charge on any atom is -0.385 e. The zero-order chi connectivity index (χ0) is 13.5. The molecule has 3 nitrogen and oxygen atoms in total. The third-order valence-electron chi connectivity index (χ3n) is 2.80. The van der Waals surface area contributed by atoms with Crippen LogP contribution in [-0.4, -0.2) is 12.5 Å². The molecule has 2 aromatic rings. The van der Waals surface area contributed by atoms with Crippen molar-refractivity contribution >= 4 is 22.9 Å². The summed E-state index contributed by atoms with van der Waals surface area (Å²) in [5.74, 6) is 0.0735. The maximum atomic E-state index is 11.8. The molecular weight excluding hydrogens is 256 g/mol. The highest BCUT2D eigenvalue weighted by Crippen LogP contribution is 2.17. The van der Waals surface area contributed by atoms with Crippen LogP contribution >= 0.6 is 11.3 Å². The second kappa shape index (κ2) is 6.95. The van der Waals surface area contributed by atoms with Crippen molar-refractivity contribution in [1.29, 1.82) is 0 Å². The van der Waals surface area contributed by atoms with Crippen LogP contribution in [0.4, 0.5) is 5.69 Å². The number of anilines is 1. The van der Waals surface area contributed by atoms with E-state index in [1.54, 1.807) is 11.3 Å². The van der Waals surface area contributed by atoms with Gasteiger partial charge in [-0.05, 0) is 30.5 Å². The van der Waals surface area contributed by atoms with Crippen LogP contribution in [0.1, 0.15) is 24.3 Å². The topological polar surface area (TPSA) is 41.1 Å². The van der Waals surface area contributed by atoms with Crippen molar-refractivity contribution in [2.45, 2.75) is 19.4 Å². The van der Waals surface area contributed by atoms with E-state index in [1.165, 1.54) is 4.88 Å². The summed E-state index contributed by atoms with van der Waals surface area (Å²) in [6.07, 6.45) is 0.477. The molecule has 1 unspecified atom stereocenters. The summed E-state index contributed by atoms with van der Waals surface area (Å²) in [4.78, 5) is 13.0. The monoisotopic (exact) mass is 274 g/mol. The van der Waals surface area contributed by atoms with Crippen LogP contribution in [0.15, 0.2) is 47.8 Å². The maximum absolute atomic E-state index is 11.8. The van der Waals surface area contributed by atoms with E-state index in [0.717, 1.165) is 5.69 Å². The van der Waals surface area contributed by atoms with Crippen LogP contribution in [0.2, 0.25) is 0 Å². The van der Waals surface area contributed by atoms with Crippen LogP contribution in [0.25, 0.3) is 0 Å². The van der Waals surface area contributed by atoms with Gasteiger partial charge in [-0.25, -0.2) is 0 Å². The summed E-state index contributed by atoms with van der Waals surface area (Å²) in [5.41, 5.74) is 1.04. The van der Waals surface area contributed by atoms with E-state index in [2.05, 4.69) is 10.6 Å². The highest BCUT2D eigenvalue weighted by molar-refractivity contribution is 7.10. The van der Waals surface area contributed by atoms with E-state index >= 15 is 0 Å². The molecular formula is C15H18N2OS. The number of rotatable bonds is 6. The van der Waals surface area contributed by atoms with Gasteiger partial charge in [0.1, 0.15) is 0 Å². The largest absolute Gasteiger partial charge is 0.385 e. The lowest BCUT2D eigenvalue weighted by molar-refractivity contribution is -0.121. The van der Waals surface area contributed by atoms with Gasteiger partial charge >= 0.3 is 0 Å². The van der Waals surface area contributed by atoms with Crippen molar-refractivity contribution in [1.82, 2.24) is 5.32 Å². The fraction of sp³-hybridized carbons (Fsp3) is 0.267. The summed E-state index contributed by atoms with van der Waals surface area (Å²) in [7, 11) is 0. The molecule has 0 aliphatic rings. The molecule has 1 atom stereocenters. The first-order chi connectivity index (χ1) is 9.25. The number of benzene rings is 1. The number of carbonyl (C=O) groups excluding carboxylic acids is 1. The molecule has 0 saturated carbocycles. The van der Waals surface area contributed by atoms with Gasteiger partial charge in [0.25, 0.3) is 0 Å². The Morgan fingerprint density at radius 3 is 2.68 bits per heavy atom. The second-order valence-electron chi connectivity index (χ2n) is 4.35. The zero-order valence-corrected chi connectivity index (χ0v) is 11.7. The zero-order valence-electron chi connectivity index (χ0n) is 10.9. The molecule has 0 bridgehead atoms. The first kappa shape index (κ1) is 13.6. The van der Waals surface area contributed by atoms with E-state index in [0.29, 0.717) is 13.0 Å². The van der Waals surface area contributed by atoms with Gasteiger partial charge in [0.2, 0.25) is 5.91 Å². The summed E-state index contributed by atoms with van der Waals surface area (Å²) < 4.78 is 0. The summed E-state index contributed by atoms with van der Waals surface area (Å²) >= 11 is 1.66. The number of amides is 1. The predicted molar refractivity (Wildman–Crippen MR) is 80.4 cm³/mol. The fourth-order valence-corrected chi connectivity index (χ4v) is 2.53. The predicted octanol–water partition coefficient (Wildman–Crippen LogP) is 3.43. The Balaban J connectivity index is 1.70. The Bertz CT molecular complexity index is 496. The fourth-order valence-electron chi connectivity index (χ4n) is 1.80. The van der Waals surface area contributed by atoms with Crippen LogP contribution in [0.3, 0.4) is 0 Å². The highest BCUT2D eigenvalue weighted by atomic mass is 32.1. The molecule has 0 spiro atoms. The Hall–Kier alpha value is -1.81. The van der Waals surface area contributed by atoms with Crippen molar-refractivity contribution < 1.29 is 4.79 Å². The number of hydrogen-bond donors (Lipinski definition) is 2. The molecule has 0 aliphatic heterocycles. The quantitative estimate of drug-likeness (QED) is 0.847. The van der Waals surface area contributed by atoms with Crippen LogP contribution < -0.4 is 10.6 Å². The molecule has 2 rings (SSSR count). The van der Waals surface area contributed by atoms with E-state index in [-0.39, 0.29) is 11.9 Å². The summed E-state index contributed by atoms with van der Waals surface area (Å²) in [6.45, 7) is 2.65. The van der Waals surface area contributed by atoms with E-state index in [1.807, 2.05) is 54.8 Å². The van der Waals surface area contributed by atoms with Crippen molar-refractivity contribution in [3.63, 3.8) is 0 Å². The van der Waals surface area contributed by atoms with Gasteiger partial charge in [-0.2, -0.15) is 0 Å². The molecule has 1 aromatic carbocycles. The van der Waals surface area contributed by atoms with Gasteiger partial charge in [-0.15, -0.1) is 11.3 Å². The van der Waals surface area contributed by atoms with Crippen molar-refractivity contribution in [3.05, 3.63) is 52.7 Å². The Morgan fingerprint density at radius 2 is 2.00 bits per heavy atom. The van der Waals surface area contributed by atoms with E-state index in [4.69, 9.17) is 0 Å². The third-order valence-corrected chi connectivity index (χ3v) is 3.86. The van der Waals surface area contributed by atoms with Gasteiger partial charge in [-0.3, -0.25) is 4.79 Å². The van der Waals surface area contributed by atoms with Crippen molar-refractivity contribution in [2.24, 2.45) is 0 Å². The maximum Gasteiger partial charge on any atom is 0.222 e. The van der Waals surface area contributed by atoms with Crippen molar-refractivity contribution in [2.75, 3.05) is 11.9 Å². The molecule has 2 N–H and O–H groups in total. The number of para-hydroxylation sites is 1. The minimum absolute atomic E-state index is 0.0735. The number of hydrogen-bond acceptors (Lipinski definition) is 3. The van der Waals surface area contributed by atoms with Gasteiger partial charge in [-0.1, -0.05) is 24.3 Å². The van der Waals surface area contributed by atoms with Gasteiger partial charge in [0.05, 0.1) is 6.04 Å². The molecule has 100 valence electrons. The molecule has 0 fully saturated rings. The Kier molecular flexibility index (Phi) is 4.98. The molecule has 0 aliphatic carbocycles. The van der Waals surface area contributed by atoms with Crippen LogP contribution in [0, 0.1) is 0 Å². The molecule has 19 heavy (non-hydrogen) atoms. The average Bonchev–Trinajstić information content (AvgIpc) is 2.94. The van der Waals surface area contributed by atoms with Crippen molar-refractivity contribution in [3.8, 4) is 0 Å². The first-order valence-corrected chi connectivity index (χ1v) is 7.25. The minimum atomic E-state index is 0.0735. The third kappa shape index (κ3) is 4.41. The number of carbonyl (C=O) groups is 1. The lowest BCUT2D eigenvalue weighted by atomic mass is 10.2. The van der Waals surface area contributed by atoms with E-state index in [9.17, 15) is 4.79 Å². The molecule has 1 amide bonds. The van der Waals surface area contributed by atoms with Crippen LogP contribution in [0.5, 0.6) is 0 Å². The Morgan fingerprint density at radius 1 is 1.21 bits per heavy atom. The molecule has 1 heterocycles. The highest BCUT2D eigenvalue weighted by Gasteiger charge is 2.09. The molecule has 4 heteroatoms. The number of nitrogens with one attached hydrogen (secondary N) is 2. The van der Waals surface area contributed by atoms with E-state index < -0.39 is 0 Å². The standard InChI is InChI=1S/C15H18N2OS/c1-12(14-8-5-11-19-14)17-15(18)9-10-16-13-6-3-2-4-7-13/h2-8,11-12,16H,9-10H2,1H3,(H,17,18). The lowest BCUT2D eigenvalue weighted by Gasteiger charge is -2.12. The lowest BCUT2D eigenvalue weighted by Crippen LogP contribution is -2.27. The smallest absolute Gasteiger partial charge is 0.222 e.